The standard InChI is InChI=1S/C19H26N2O/c1-15(2)21-12-6-9-16-10-11-19(18(20)13-16)22-14-17-7-4-3-5-8-17/h3-5,7-8,10-11,13,15,21H,6,9,12,14,20H2,1-2H3. The van der Waals surface area contributed by atoms with Gasteiger partial charge in [0.1, 0.15) is 12.4 Å². The number of anilines is 1. The Bertz CT molecular complexity index is 567. The summed E-state index contributed by atoms with van der Waals surface area (Å²) in [6, 6.07) is 16.8. The minimum atomic E-state index is 0.541. The van der Waals surface area contributed by atoms with Gasteiger partial charge in [-0.05, 0) is 42.6 Å². The van der Waals surface area contributed by atoms with Crippen LogP contribution in [0.1, 0.15) is 31.4 Å². The Hall–Kier alpha value is -2.00. The molecule has 3 nitrogen and oxygen atoms in total. The van der Waals surface area contributed by atoms with Crippen molar-refractivity contribution in [2.75, 3.05) is 12.3 Å². The quantitative estimate of drug-likeness (QED) is 0.576. The maximum absolute atomic E-state index is 6.10. The maximum Gasteiger partial charge on any atom is 0.142 e. The normalized spacial score (nSPS) is 10.9. The van der Waals surface area contributed by atoms with Crippen molar-refractivity contribution in [3.05, 3.63) is 59.7 Å². The summed E-state index contributed by atoms with van der Waals surface area (Å²) < 4.78 is 5.80. The van der Waals surface area contributed by atoms with Crippen LogP contribution in [0.5, 0.6) is 5.75 Å². The van der Waals surface area contributed by atoms with Crippen molar-refractivity contribution in [2.24, 2.45) is 0 Å². The van der Waals surface area contributed by atoms with Crippen LogP contribution in [0.25, 0.3) is 0 Å². The molecule has 0 atom stereocenters. The zero-order chi connectivity index (χ0) is 15.8. The Morgan fingerprint density at radius 2 is 1.82 bits per heavy atom. The Morgan fingerprint density at radius 3 is 2.50 bits per heavy atom. The Kier molecular flexibility index (Phi) is 6.28. The molecule has 118 valence electrons. The highest BCUT2D eigenvalue weighted by molar-refractivity contribution is 5.54. The third kappa shape index (κ3) is 5.41. The van der Waals surface area contributed by atoms with Gasteiger partial charge in [-0.2, -0.15) is 0 Å². The van der Waals surface area contributed by atoms with Crippen molar-refractivity contribution in [1.82, 2.24) is 5.32 Å². The van der Waals surface area contributed by atoms with Crippen molar-refractivity contribution in [3.8, 4) is 5.75 Å². The molecule has 0 bridgehead atoms. The lowest BCUT2D eigenvalue weighted by atomic mass is 10.1. The van der Waals surface area contributed by atoms with Crippen LogP contribution < -0.4 is 15.8 Å². The van der Waals surface area contributed by atoms with Gasteiger partial charge in [-0.1, -0.05) is 50.2 Å². The third-order valence-corrected chi connectivity index (χ3v) is 3.51. The number of aryl methyl sites for hydroxylation is 1. The van der Waals surface area contributed by atoms with Crippen LogP contribution in [0, 0.1) is 0 Å². The van der Waals surface area contributed by atoms with E-state index in [1.807, 2.05) is 42.5 Å². The fourth-order valence-electron chi connectivity index (χ4n) is 2.30. The molecule has 22 heavy (non-hydrogen) atoms. The van der Waals surface area contributed by atoms with Crippen LogP contribution in [0.3, 0.4) is 0 Å². The van der Waals surface area contributed by atoms with Crippen LogP contribution in [0.4, 0.5) is 5.69 Å². The van der Waals surface area contributed by atoms with Crippen molar-refractivity contribution < 1.29 is 4.74 Å². The van der Waals surface area contributed by atoms with Gasteiger partial charge in [-0.15, -0.1) is 0 Å². The average molecular weight is 298 g/mol. The van der Waals surface area contributed by atoms with Gasteiger partial charge in [-0.25, -0.2) is 0 Å². The number of nitrogen functional groups attached to an aromatic ring is 1. The molecule has 2 rings (SSSR count). The van der Waals surface area contributed by atoms with E-state index in [0.717, 1.165) is 30.7 Å². The second-order valence-electron chi connectivity index (χ2n) is 5.86. The summed E-state index contributed by atoms with van der Waals surface area (Å²) in [6.07, 6.45) is 2.14. The highest BCUT2D eigenvalue weighted by Gasteiger charge is 2.03. The fourth-order valence-corrected chi connectivity index (χ4v) is 2.30. The predicted octanol–water partition coefficient (Wildman–Crippen LogP) is 3.78. The predicted molar refractivity (Wildman–Crippen MR) is 93.1 cm³/mol. The second kappa shape index (κ2) is 8.44. The topological polar surface area (TPSA) is 47.3 Å². The fraction of sp³-hybridized carbons (Fsp3) is 0.368. The lowest BCUT2D eigenvalue weighted by Gasteiger charge is -2.11. The van der Waals surface area contributed by atoms with Gasteiger partial charge in [0.25, 0.3) is 0 Å². The van der Waals surface area contributed by atoms with E-state index in [1.165, 1.54) is 5.56 Å². The molecule has 3 heteroatoms. The minimum absolute atomic E-state index is 0.541. The first-order chi connectivity index (χ1) is 10.6. The molecule has 0 saturated carbocycles. The third-order valence-electron chi connectivity index (χ3n) is 3.51. The summed E-state index contributed by atoms with van der Waals surface area (Å²) in [5.41, 5.74) is 9.21. The molecule has 0 amide bonds. The maximum atomic E-state index is 6.10. The monoisotopic (exact) mass is 298 g/mol. The zero-order valence-electron chi connectivity index (χ0n) is 13.5. The van der Waals surface area contributed by atoms with Gasteiger partial charge in [0.15, 0.2) is 0 Å². The molecule has 0 aromatic heterocycles. The van der Waals surface area contributed by atoms with Crippen molar-refractivity contribution >= 4 is 5.69 Å². The molecule has 2 aromatic rings. The Labute approximate surface area is 133 Å². The van der Waals surface area contributed by atoms with E-state index in [-0.39, 0.29) is 0 Å². The summed E-state index contributed by atoms with van der Waals surface area (Å²) in [7, 11) is 0. The van der Waals surface area contributed by atoms with Crippen molar-refractivity contribution in [2.45, 2.75) is 39.3 Å². The van der Waals surface area contributed by atoms with Gasteiger partial charge in [0.2, 0.25) is 0 Å². The minimum Gasteiger partial charge on any atom is -0.487 e. The van der Waals surface area contributed by atoms with E-state index in [9.17, 15) is 0 Å². The number of nitrogens with one attached hydrogen (secondary N) is 1. The first-order valence-electron chi connectivity index (χ1n) is 7.93. The molecular formula is C19H26N2O. The molecule has 2 aromatic carbocycles. The van der Waals surface area contributed by atoms with Crippen LogP contribution in [0.2, 0.25) is 0 Å². The molecule has 0 spiro atoms. The largest absolute Gasteiger partial charge is 0.487 e. The van der Waals surface area contributed by atoms with E-state index in [4.69, 9.17) is 10.5 Å². The molecule has 0 aliphatic rings. The molecule has 0 aliphatic carbocycles. The first-order valence-corrected chi connectivity index (χ1v) is 7.93. The number of hydrogen-bond donors (Lipinski definition) is 2. The molecule has 0 unspecified atom stereocenters. The summed E-state index contributed by atoms with van der Waals surface area (Å²) in [5.74, 6) is 0.757. The van der Waals surface area contributed by atoms with Gasteiger partial charge in [0.05, 0.1) is 5.69 Å². The number of hydrogen-bond acceptors (Lipinski definition) is 3. The number of ether oxygens (including phenoxy) is 1. The van der Waals surface area contributed by atoms with Gasteiger partial charge in [0, 0.05) is 6.04 Å². The first kappa shape index (κ1) is 16.4. The van der Waals surface area contributed by atoms with Crippen LogP contribution in [-0.4, -0.2) is 12.6 Å². The van der Waals surface area contributed by atoms with E-state index in [1.54, 1.807) is 0 Å². The van der Waals surface area contributed by atoms with Crippen molar-refractivity contribution in [3.63, 3.8) is 0 Å². The highest BCUT2D eigenvalue weighted by Crippen LogP contribution is 2.24. The number of nitrogens with two attached hydrogens (primary N) is 1. The van der Waals surface area contributed by atoms with Gasteiger partial charge in [-0.3, -0.25) is 0 Å². The molecule has 0 radical (unpaired) electrons. The van der Waals surface area contributed by atoms with Gasteiger partial charge >= 0.3 is 0 Å². The lowest BCUT2D eigenvalue weighted by Crippen LogP contribution is -2.23. The SMILES string of the molecule is CC(C)NCCCc1ccc(OCc2ccccc2)c(N)c1. The average Bonchev–Trinajstić information content (AvgIpc) is 2.51. The Morgan fingerprint density at radius 1 is 1.05 bits per heavy atom. The molecule has 3 N–H and O–H groups in total. The summed E-state index contributed by atoms with van der Waals surface area (Å²) in [5, 5.41) is 3.42. The smallest absolute Gasteiger partial charge is 0.142 e. The molecule has 0 saturated heterocycles. The van der Waals surface area contributed by atoms with Crippen LogP contribution >= 0.6 is 0 Å². The molecule has 0 heterocycles. The van der Waals surface area contributed by atoms with E-state index in [2.05, 4.69) is 25.2 Å². The summed E-state index contributed by atoms with van der Waals surface area (Å²) >= 11 is 0. The summed E-state index contributed by atoms with van der Waals surface area (Å²) in [6.45, 7) is 5.90. The molecule has 0 fully saturated rings. The zero-order valence-corrected chi connectivity index (χ0v) is 13.5. The highest BCUT2D eigenvalue weighted by atomic mass is 16.5. The van der Waals surface area contributed by atoms with E-state index >= 15 is 0 Å². The van der Waals surface area contributed by atoms with E-state index in [0.29, 0.717) is 18.3 Å². The number of benzene rings is 2. The molecule has 0 aliphatic heterocycles. The second-order valence-corrected chi connectivity index (χ2v) is 5.86. The van der Waals surface area contributed by atoms with E-state index < -0.39 is 0 Å². The Balaban J connectivity index is 1.84. The summed E-state index contributed by atoms with van der Waals surface area (Å²) in [4.78, 5) is 0. The van der Waals surface area contributed by atoms with Crippen LogP contribution in [0.15, 0.2) is 48.5 Å². The lowest BCUT2D eigenvalue weighted by molar-refractivity contribution is 0.308. The van der Waals surface area contributed by atoms with Crippen molar-refractivity contribution in [1.29, 1.82) is 0 Å². The molecular weight excluding hydrogens is 272 g/mol. The number of rotatable bonds is 8. The van der Waals surface area contributed by atoms with Gasteiger partial charge < -0.3 is 15.8 Å². The van der Waals surface area contributed by atoms with Crippen LogP contribution in [-0.2, 0) is 13.0 Å².